The number of aromatic nitrogens is 3. The molecule has 1 saturated heterocycles. The Balaban J connectivity index is 2.25. The molecule has 0 N–H and O–H groups in total. The van der Waals surface area contributed by atoms with Gasteiger partial charge in [0.2, 0.25) is 5.03 Å². The summed E-state index contributed by atoms with van der Waals surface area (Å²) >= 11 is 4.98. The third-order valence-electron chi connectivity index (χ3n) is 3.29. The molecule has 2 heterocycles. The van der Waals surface area contributed by atoms with E-state index in [9.17, 15) is 8.42 Å². The fraction of sp³-hybridized carbons (Fsp3) is 0.800. The zero-order valence-corrected chi connectivity index (χ0v) is 14.1. The van der Waals surface area contributed by atoms with Gasteiger partial charge in [-0.1, -0.05) is 5.21 Å². The van der Waals surface area contributed by atoms with E-state index in [1.165, 1.54) is 4.68 Å². The third-order valence-corrected chi connectivity index (χ3v) is 7.21. The van der Waals surface area contributed by atoms with Gasteiger partial charge in [-0.3, -0.25) is 0 Å². The smallest absolute Gasteiger partial charge is 0.235 e. The van der Waals surface area contributed by atoms with E-state index in [0.717, 1.165) is 19.3 Å². The standard InChI is InChI=1S/C10H17BrN4O2S2/c1-14-10(9(11)12-13-14)19(16,17)15-6-3-4-8(18-2)5-7-15/h8H,3-7H2,1-2H3. The number of sulfonamides is 1. The summed E-state index contributed by atoms with van der Waals surface area (Å²) in [6.07, 6.45) is 4.94. The first kappa shape index (κ1) is 15.3. The van der Waals surface area contributed by atoms with Gasteiger partial charge in [0.05, 0.1) is 0 Å². The van der Waals surface area contributed by atoms with Crippen molar-refractivity contribution in [1.29, 1.82) is 0 Å². The average Bonchev–Trinajstić information content (AvgIpc) is 2.59. The summed E-state index contributed by atoms with van der Waals surface area (Å²) in [5, 5.41) is 8.18. The minimum absolute atomic E-state index is 0.134. The summed E-state index contributed by atoms with van der Waals surface area (Å²) < 4.78 is 28.4. The van der Waals surface area contributed by atoms with Gasteiger partial charge in [0.15, 0.2) is 4.60 Å². The molecule has 1 aromatic heterocycles. The molecule has 1 aliphatic rings. The first-order chi connectivity index (χ1) is 8.96. The van der Waals surface area contributed by atoms with E-state index in [0.29, 0.717) is 18.3 Å². The lowest BCUT2D eigenvalue weighted by atomic mass is 10.2. The molecule has 0 amide bonds. The molecule has 1 fully saturated rings. The van der Waals surface area contributed by atoms with E-state index in [1.54, 1.807) is 11.4 Å². The molecule has 19 heavy (non-hydrogen) atoms. The van der Waals surface area contributed by atoms with Gasteiger partial charge in [-0.15, -0.1) is 5.10 Å². The van der Waals surface area contributed by atoms with E-state index in [1.807, 2.05) is 11.8 Å². The first-order valence-electron chi connectivity index (χ1n) is 6.05. The number of nitrogens with zero attached hydrogens (tertiary/aromatic N) is 4. The fourth-order valence-electron chi connectivity index (χ4n) is 2.23. The highest BCUT2D eigenvalue weighted by atomic mass is 79.9. The van der Waals surface area contributed by atoms with Crippen LogP contribution in [0.15, 0.2) is 9.63 Å². The van der Waals surface area contributed by atoms with Gasteiger partial charge < -0.3 is 0 Å². The minimum Gasteiger partial charge on any atom is -0.235 e. The number of rotatable bonds is 3. The van der Waals surface area contributed by atoms with Crippen LogP contribution in [0, 0.1) is 0 Å². The fourth-order valence-corrected chi connectivity index (χ4v) is 5.50. The average molecular weight is 369 g/mol. The number of halogens is 1. The molecule has 0 spiro atoms. The Morgan fingerprint density at radius 2 is 2.11 bits per heavy atom. The van der Waals surface area contributed by atoms with Crippen molar-refractivity contribution in [2.45, 2.75) is 29.5 Å². The Morgan fingerprint density at radius 1 is 1.37 bits per heavy atom. The molecular formula is C10H17BrN4O2S2. The first-order valence-corrected chi connectivity index (χ1v) is 9.57. The van der Waals surface area contributed by atoms with Crippen molar-refractivity contribution in [2.75, 3.05) is 19.3 Å². The van der Waals surface area contributed by atoms with Crippen molar-refractivity contribution < 1.29 is 8.42 Å². The molecule has 2 rings (SSSR count). The summed E-state index contributed by atoms with van der Waals surface area (Å²) in [4.78, 5) is 0. The Hall–Kier alpha value is -0.120. The molecule has 1 atom stereocenters. The molecular weight excluding hydrogens is 352 g/mol. The van der Waals surface area contributed by atoms with Crippen molar-refractivity contribution >= 4 is 37.7 Å². The van der Waals surface area contributed by atoms with Crippen LogP contribution >= 0.6 is 27.7 Å². The molecule has 0 bridgehead atoms. The zero-order valence-electron chi connectivity index (χ0n) is 10.9. The number of hydrogen-bond acceptors (Lipinski definition) is 5. The van der Waals surface area contributed by atoms with Crippen LogP contribution in [0.1, 0.15) is 19.3 Å². The van der Waals surface area contributed by atoms with Crippen molar-refractivity contribution in [1.82, 2.24) is 19.3 Å². The van der Waals surface area contributed by atoms with Crippen molar-refractivity contribution in [2.24, 2.45) is 7.05 Å². The highest BCUT2D eigenvalue weighted by molar-refractivity contribution is 9.10. The van der Waals surface area contributed by atoms with Gasteiger partial charge in [-0.25, -0.2) is 13.1 Å². The Bertz CT molecular complexity index is 526. The van der Waals surface area contributed by atoms with E-state index >= 15 is 0 Å². The van der Waals surface area contributed by atoms with Crippen molar-refractivity contribution in [3.05, 3.63) is 4.60 Å². The van der Waals surface area contributed by atoms with Crippen LogP contribution in [0.3, 0.4) is 0 Å². The second-order valence-electron chi connectivity index (χ2n) is 4.50. The summed E-state index contributed by atoms with van der Waals surface area (Å²) in [5.74, 6) is 0. The van der Waals surface area contributed by atoms with Crippen LogP contribution < -0.4 is 0 Å². The Labute approximate surface area is 126 Å². The highest BCUT2D eigenvalue weighted by Crippen LogP contribution is 2.27. The van der Waals surface area contributed by atoms with E-state index in [-0.39, 0.29) is 9.63 Å². The van der Waals surface area contributed by atoms with Gasteiger partial charge >= 0.3 is 0 Å². The van der Waals surface area contributed by atoms with Gasteiger partial charge in [-0.2, -0.15) is 16.1 Å². The SMILES string of the molecule is CSC1CCCN(S(=O)(=O)c2c(Br)nnn2C)CC1. The highest BCUT2D eigenvalue weighted by Gasteiger charge is 2.32. The van der Waals surface area contributed by atoms with Crippen LogP contribution in [-0.4, -0.2) is 52.3 Å². The summed E-state index contributed by atoms with van der Waals surface area (Å²) in [5.41, 5.74) is 0. The van der Waals surface area contributed by atoms with Crippen LogP contribution in [0.2, 0.25) is 0 Å². The lowest BCUT2D eigenvalue weighted by Gasteiger charge is -2.19. The molecule has 9 heteroatoms. The molecule has 1 aliphatic heterocycles. The van der Waals surface area contributed by atoms with Gasteiger partial charge in [0, 0.05) is 25.4 Å². The van der Waals surface area contributed by atoms with Crippen LogP contribution in [0.25, 0.3) is 0 Å². The van der Waals surface area contributed by atoms with E-state index in [4.69, 9.17) is 0 Å². The molecule has 0 radical (unpaired) electrons. The molecule has 0 aliphatic carbocycles. The van der Waals surface area contributed by atoms with Gasteiger partial charge in [0.25, 0.3) is 10.0 Å². The maximum Gasteiger partial charge on any atom is 0.263 e. The third kappa shape index (κ3) is 3.14. The second kappa shape index (κ2) is 6.11. The van der Waals surface area contributed by atoms with Crippen molar-refractivity contribution in [3.8, 4) is 0 Å². The molecule has 1 aromatic rings. The summed E-state index contributed by atoms with van der Waals surface area (Å²) in [7, 11) is -1.93. The second-order valence-corrected chi connectivity index (χ2v) is 8.24. The predicted octanol–water partition coefficient (Wildman–Crippen LogP) is 1.48. The summed E-state index contributed by atoms with van der Waals surface area (Å²) in [6.45, 7) is 1.13. The lowest BCUT2D eigenvalue weighted by molar-refractivity contribution is 0.417. The molecule has 0 saturated carbocycles. The van der Waals surface area contributed by atoms with E-state index in [2.05, 4.69) is 32.5 Å². The Morgan fingerprint density at radius 3 is 2.68 bits per heavy atom. The van der Waals surface area contributed by atoms with Crippen LogP contribution in [0.4, 0.5) is 0 Å². The molecule has 0 aromatic carbocycles. The minimum atomic E-state index is -3.52. The molecule has 1 unspecified atom stereocenters. The maximum atomic E-state index is 12.6. The largest absolute Gasteiger partial charge is 0.263 e. The van der Waals surface area contributed by atoms with Gasteiger partial charge in [0.1, 0.15) is 0 Å². The number of thioether (sulfide) groups is 1. The normalized spacial score (nSPS) is 22.4. The number of hydrogen-bond donors (Lipinski definition) is 0. The van der Waals surface area contributed by atoms with Crippen molar-refractivity contribution in [3.63, 3.8) is 0 Å². The lowest BCUT2D eigenvalue weighted by Crippen LogP contribution is -2.33. The zero-order chi connectivity index (χ0) is 14.0. The van der Waals surface area contributed by atoms with Crippen LogP contribution in [0.5, 0.6) is 0 Å². The maximum absolute atomic E-state index is 12.6. The topological polar surface area (TPSA) is 68.1 Å². The van der Waals surface area contributed by atoms with E-state index < -0.39 is 10.0 Å². The Kier molecular flexibility index (Phi) is 4.91. The molecule has 108 valence electrons. The summed E-state index contributed by atoms with van der Waals surface area (Å²) in [6, 6.07) is 0. The quantitative estimate of drug-likeness (QED) is 0.808. The molecule has 6 nitrogen and oxygen atoms in total. The van der Waals surface area contributed by atoms with Gasteiger partial charge in [-0.05, 0) is 41.4 Å². The van der Waals surface area contributed by atoms with Crippen LogP contribution in [-0.2, 0) is 17.1 Å². The predicted molar refractivity (Wildman–Crippen MR) is 78.6 cm³/mol. The number of aryl methyl sites for hydroxylation is 1. The monoisotopic (exact) mass is 368 g/mol.